The molecule has 7 heteroatoms. The van der Waals surface area contributed by atoms with E-state index in [0.29, 0.717) is 26.9 Å². The largest absolute Gasteiger partial charge is 0.348 e. The molecule has 1 aromatic heterocycles. The summed E-state index contributed by atoms with van der Waals surface area (Å²) in [6.07, 6.45) is 0. The van der Waals surface area contributed by atoms with Crippen molar-refractivity contribution in [2.24, 2.45) is 0 Å². The van der Waals surface area contributed by atoms with Gasteiger partial charge in [0.05, 0.1) is 16.6 Å². The first-order chi connectivity index (χ1) is 9.47. The lowest BCUT2D eigenvalue weighted by atomic mass is 10.0. The van der Waals surface area contributed by atoms with Crippen LogP contribution in [0.2, 0.25) is 5.02 Å². The van der Waals surface area contributed by atoms with Gasteiger partial charge in [0.15, 0.2) is 5.82 Å². The molecule has 106 valence electrons. The summed E-state index contributed by atoms with van der Waals surface area (Å²) in [7, 11) is 2.26. The van der Waals surface area contributed by atoms with Crippen molar-refractivity contribution in [2.45, 2.75) is 19.0 Å². The predicted molar refractivity (Wildman–Crippen MR) is 81.3 cm³/mol. The summed E-state index contributed by atoms with van der Waals surface area (Å²) >= 11 is 5.93. The molecule has 0 spiro atoms. The minimum atomic E-state index is -0.449. The molecular formula is C13H14ClFN3OP. The third-order valence-electron chi connectivity index (χ3n) is 3.67. The third kappa shape index (κ3) is 2.20. The van der Waals surface area contributed by atoms with Crippen LogP contribution in [0, 0.1) is 5.82 Å². The van der Waals surface area contributed by atoms with Crippen LogP contribution in [0.1, 0.15) is 17.4 Å². The monoisotopic (exact) mass is 313 g/mol. The van der Waals surface area contributed by atoms with Crippen molar-refractivity contribution in [3.63, 3.8) is 0 Å². The Bertz CT molecular complexity index is 702. The summed E-state index contributed by atoms with van der Waals surface area (Å²) in [6, 6.07) is 3.62. The summed E-state index contributed by atoms with van der Waals surface area (Å²) in [5.41, 5.74) is 0.633. The number of carbonyl (C=O) groups excluding carboxylic acids is 1. The van der Waals surface area contributed by atoms with Crippen molar-refractivity contribution in [3.05, 3.63) is 28.7 Å². The first kappa shape index (κ1) is 13.8. The summed E-state index contributed by atoms with van der Waals surface area (Å²) in [5, 5.41) is 7.26. The van der Waals surface area contributed by atoms with Gasteiger partial charge in [-0.3, -0.25) is 4.79 Å². The fraction of sp³-hybridized carbons (Fsp3) is 0.308. The van der Waals surface area contributed by atoms with Gasteiger partial charge in [0.25, 0.3) is 5.91 Å². The Labute approximate surface area is 122 Å². The van der Waals surface area contributed by atoms with Crippen molar-refractivity contribution in [3.8, 4) is 0 Å². The van der Waals surface area contributed by atoms with Crippen LogP contribution in [0.4, 0.5) is 4.39 Å². The van der Waals surface area contributed by atoms with E-state index in [4.69, 9.17) is 11.6 Å². The highest BCUT2D eigenvalue weighted by Gasteiger charge is 2.28. The highest BCUT2D eigenvalue weighted by Crippen LogP contribution is 2.24. The Morgan fingerprint density at radius 1 is 1.55 bits per heavy atom. The Morgan fingerprint density at radius 2 is 2.30 bits per heavy atom. The number of amides is 1. The van der Waals surface area contributed by atoms with E-state index in [1.54, 1.807) is 12.1 Å². The van der Waals surface area contributed by atoms with Crippen LogP contribution in [-0.2, 0) is 0 Å². The lowest BCUT2D eigenvalue weighted by Gasteiger charge is -2.35. The van der Waals surface area contributed by atoms with Crippen LogP contribution in [0.25, 0.3) is 10.9 Å². The SMILES string of the molecule is C[C@@H]1NC[C@@H]1NC(=O)c1cc2cc(Cl)c(P)c(F)c2[nH]1. The Morgan fingerprint density at radius 3 is 2.90 bits per heavy atom. The summed E-state index contributed by atoms with van der Waals surface area (Å²) < 4.78 is 14.1. The van der Waals surface area contributed by atoms with Gasteiger partial charge in [-0.25, -0.2) is 4.39 Å². The van der Waals surface area contributed by atoms with E-state index in [9.17, 15) is 9.18 Å². The Balaban J connectivity index is 1.92. The van der Waals surface area contributed by atoms with Crippen LogP contribution < -0.4 is 15.9 Å². The first-order valence-electron chi connectivity index (χ1n) is 6.28. The number of hydrogen-bond acceptors (Lipinski definition) is 2. The van der Waals surface area contributed by atoms with Crippen LogP contribution in [0.5, 0.6) is 0 Å². The van der Waals surface area contributed by atoms with Crippen molar-refractivity contribution < 1.29 is 9.18 Å². The van der Waals surface area contributed by atoms with E-state index in [2.05, 4.69) is 24.9 Å². The molecule has 0 saturated carbocycles. The quantitative estimate of drug-likeness (QED) is 0.737. The molecule has 0 radical (unpaired) electrons. The number of aromatic amines is 1. The second-order valence-electron chi connectivity index (χ2n) is 5.01. The van der Waals surface area contributed by atoms with Gasteiger partial charge in [-0.15, -0.1) is 9.24 Å². The summed E-state index contributed by atoms with van der Waals surface area (Å²) in [6.45, 7) is 2.75. The fourth-order valence-corrected chi connectivity index (χ4v) is 2.66. The van der Waals surface area contributed by atoms with Crippen LogP contribution >= 0.6 is 20.8 Å². The van der Waals surface area contributed by atoms with Crippen molar-refractivity contribution in [1.29, 1.82) is 0 Å². The van der Waals surface area contributed by atoms with E-state index in [1.807, 2.05) is 6.92 Å². The zero-order chi connectivity index (χ0) is 14.4. The number of benzene rings is 1. The van der Waals surface area contributed by atoms with Crippen molar-refractivity contribution in [2.75, 3.05) is 6.54 Å². The minimum Gasteiger partial charge on any atom is -0.348 e. The third-order valence-corrected chi connectivity index (χ3v) is 4.73. The predicted octanol–water partition coefficient (Wildman–Crippen LogP) is 1.55. The lowest BCUT2D eigenvalue weighted by Crippen LogP contribution is -2.63. The zero-order valence-corrected chi connectivity index (χ0v) is 12.7. The van der Waals surface area contributed by atoms with Crippen LogP contribution in [-0.4, -0.2) is 29.5 Å². The topological polar surface area (TPSA) is 56.9 Å². The Hall–Kier alpha value is -1.16. The highest BCUT2D eigenvalue weighted by molar-refractivity contribution is 7.28. The molecule has 1 aliphatic rings. The summed E-state index contributed by atoms with van der Waals surface area (Å²) in [4.78, 5) is 14.9. The molecular weight excluding hydrogens is 300 g/mol. The molecule has 1 saturated heterocycles. The average Bonchev–Trinajstić information content (AvgIpc) is 2.84. The molecule has 3 atom stereocenters. The van der Waals surface area contributed by atoms with Gasteiger partial charge in [0, 0.05) is 23.3 Å². The number of carbonyl (C=O) groups is 1. The molecule has 20 heavy (non-hydrogen) atoms. The molecule has 1 aliphatic heterocycles. The molecule has 1 aromatic carbocycles. The smallest absolute Gasteiger partial charge is 0.268 e. The number of fused-ring (bicyclic) bond motifs is 1. The second kappa shape index (κ2) is 4.99. The Kier molecular flexibility index (Phi) is 3.44. The fourth-order valence-electron chi connectivity index (χ4n) is 2.24. The number of halogens is 2. The molecule has 4 nitrogen and oxygen atoms in total. The zero-order valence-electron chi connectivity index (χ0n) is 10.8. The van der Waals surface area contributed by atoms with Gasteiger partial charge < -0.3 is 15.6 Å². The first-order valence-corrected chi connectivity index (χ1v) is 7.23. The van der Waals surface area contributed by atoms with E-state index < -0.39 is 5.82 Å². The standard InChI is InChI=1S/C13H14ClFN3OP/c1-5-9(4-16-5)18-13(19)8-3-6-2-7(14)12(20)10(15)11(6)17-8/h2-3,5,9,16-17H,4,20H2,1H3,(H,18,19)/t5-,9-/m0/s1. The van der Waals surface area contributed by atoms with Crippen molar-refractivity contribution in [1.82, 2.24) is 15.6 Å². The van der Waals surface area contributed by atoms with Crippen LogP contribution in [0.3, 0.4) is 0 Å². The lowest BCUT2D eigenvalue weighted by molar-refractivity contribution is 0.0902. The maximum atomic E-state index is 14.1. The van der Waals surface area contributed by atoms with E-state index in [0.717, 1.165) is 6.54 Å². The van der Waals surface area contributed by atoms with E-state index in [-0.39, 0.29) is 18.0 Å². The van der Waals surface area contributed by atoms with Gasteiger partial charge in [0.2, 0.25) is 0 Å². The molecule has 3 N–H and O–H groups in total. The van der Waals surface area contributed by atoms with Crippen molar-refractivity contribution >= 4 is 43.0 Å². The maximum Gasteiger partial charge on any atom is 0.268 e. The number of rotatable bonds is 2. The van der Waals surface area contributed by atoms with Gasteiger partial charge in [-0.1, -0.05) is 11.6 Å². The molecule has 0 bridgehead atoms. The van der Waals surface area contributed by atoms with Gasteiger partial charge in [-0.05, 0) is 19.1 Å². The molecule has 1 unspecified atom stereocenters. The van der Waals surface area contributed by atoms with E-state index >= 15 is 0 Å². The number of hydrogen-bond donors (Lipinski definition) is 3. The van der Waals surface area contributed by atoms with Gasteiger partial charge >= 0.3 is 0 Å². The average molecular weight is 314 g/mol. The molecule has 2 heterocycles. The van der Waals surface area contributed by atoms with Gasteiger partial charge in [-0.2, -0.15) is 0 Å². The maximum absolute atomic E-state index is 14.1. The highest BCUT2D eigenvalue weighted by atomic mass is 35.5. The molecule has 3 rings (SSSR count). The van der Waals surface area contributed by atoms with E-state index in [1.165, 1.54) is 0 Å². The molecule has 1 amide bonds. The number of nitrogens with one attached hydrogen (secondary N) is 3. The van der Waals surface area contributed by atoms with Gasteiger partial charge in [0.1, 0.15) is 5.69 Å². The minimum absolute atomic E-state index is 0.111. The molecule has 0 aliphatic carbocycles. The number of aromatic nitrogens is 1. The number of H-pyrrole nitrogens is 1. The second-order valence-corrected chi connectivity index (χ2v) is 5.99. The van der Waals surface area contributed by atoms with Crippen LogP contribution in [0.15, 0.2) is 12.1 Å². The normalized spacial score (nSPS) is 21.8. The summed E-state index contributed by atoms with van der Waals surface area (Å²) in [5.74, 6) is -0.685. The molecule has 2 aromatic rings. The molecule has 1 fully saturated rings.